The van der Waals surface area contributed by atoms with Crippen LogP contribution in [0.15, 0.2) is 30.3 Å². The minimum Gasteiger partial charge on any atom is -0.444 e. The maximum Gasteiger partial charge on any atom is 0.410 e. The molecule has 2 aliphatic rings. The molecule has 0 N–H and O–H groups in total. The fraction of sp³-hybridized carbons (Fsp3) is 0.667. The summed E-state index contributed by atoms with van der Waals surface area (Å²) in [5.41, 5.74) is 0.444. The molecule has 8 nitrogen and oxygen atoms in total. The van der Waals surface area contributed by atoms with Gasteiger partial charge in [0.25, 0.3) is 0 Å². The SMILES string of the molecule is CC(C)(C)OC(=O)N1CC2CN(CCN(Cc3ccccc3)S(C)(=O)=O)CC(C1)O2.Cl. The van der Waals surface area contributed by atoms with Crippen LogP contribution in [0.25, 0.3) is 0 Å². The number of nitrogens with zero attached hydrogens (tertiary/aromatic N) is 3. The van der Waals surface area contributed by atoms with Crippen molar-refractivity contribution in [2.75, 3.05) is 45.5 Å². The normalized spacial score (nSPS) is 22.2. The first-order valence-corrected chi connectivity index (χ1v) is 12.2. The minimum atomic E-state index is -3.31. The largest absolute Gasteiger partial charge is 0.444 e. The van der Waals surface area contributed by atoms with E-state index in [0.717, 1.165) is 5.56 Å². The molecule has 0 aliphatic carbocycles. The monoisotopic (exact) mass is 475 g/mol. The van der Waals surface area contributed by atoms with E-state index in [0.29, 0.717) is 45.8 Å². The van der Waals surface area contributed by atoms with Gasteiger partial charge in [0.05, 0.1) is 31.6 Å². The molecule has 2 unspecified atom stereocenters. The second-order valence-electron chi connectivity index (χ2n) is 9.11. The Morgan fingerprint density at radius 1 is 1.13 bits per heavy atom. The van der Waals surface area contributed by atoms with E-state index in [9.17, 15) is 13.2 Å². The van der Waals surface area contributed by atoms with Gasteiger partial charge in [-0.05, 0) is 26.3 Å². The summed E-state index contributed by atoms with van der Waals surface area (Å²) in [6.45, 7) is 9.29. The van der Waals surface area contributed by atoms with Crippen molar-refractivity contribution < 1.29 is 22.7 Å². The zero-order chi connectivity index (χ0) is 21.9. The Balaban J connectivity index is 0.00000341. The van der Waals surface area contributed by atoms with Gasteiger partial charge in [0.15, 0.2) is 0 Å². The molecule has 2 fully saturated rings. The summed E-state index contributed by atoms with van der Waals surface area (Å²) in [7, 11) is -3.31. The first-order chi connectivity index (χ1) is 14.0. The molecule has 3 rings (SSSR count). The third-order valence-electron chi connectivity index (χ3n) is 5.14. The van der Waals surface area contributed by atoms with Crippen molar-refractivity contribution in [3.63, 3.8) is 0 Å². The van der Waals surface area contributed by atoms with E-state index in [-0.39, 0.29) is 30.7 Å². The van der Waals surface area contributed by atoms with Crippen molar-refractivity contribution in [1.82, 2.24) is 14.1 Å². The maximum atomic E-state index is 12.4. The van der Waals surface area contributed by atoms with Crippen molar-refractivity contribution in [1.29, 1.82) is 0 Å². The number of sulfonamides is 1. The number of hydrogen-bond acceptors (Lipinski definition) is 6. The lowest BCUT2D eigenvalue weighted by Crippen LogP contribution is -2.61. The number of halogens is 1. The van der Waals surface area contributed by atoms with Gasteiger partial charge in [-0.3, -0.25) is 4.90 Å². The molecular weight excluding hydrogens is 442 g/mol. The Morgan fingerprint density at radius 3 is 2.23 bits per heavy atom. The Morgan fingerprint density at radius 2 is 1.71 bits per heavy atom. The molecule has 10 heteroatoms. The summed E-state index contributed by atoms with van der Waals surface area (Å²) in [5.74, 6) is 0. The van der Waals surface area contributed by atoms with Gasteiger partial charge in [0.1, 0.15) is 5.60 Å². The fourth-order valence-electron chi connectivity index (χ4n) is 3.84. The van der Waals surface area contributed by atoms with Gasteiger partial charge in [-0.1, -0.05) is 30.3 Å². The number of morpholine rings is 2. The van der Waals surface area contributed by atoms with Crippen molar-refractivity contribution >= 4 is 28.5 Å². The molecule has 2 saturated heterocycles. The van der Waals surface area contributed by atoms with Crippen molar-refractivity contribution in [2.45, 2.75) is 45.1 Å². The minimum absolute atomic E-state index is 0. The molecule has 1 aromatic rings. The number of carbonyl (C=O) groups is 1. The van der Waals surface area contributed by atoms with Gasteiger partial charge in [-0.15, -0.1) is 12.4 Å². The van der Waals surface area contributed by atoms with Gasteiger partial charge in [0, 0.05) is 32.7 Å². The summed E-state index contributed by atoms with van der Waals surface area (Å²) in [4.78, 5) is 16.3. The molecule has 0 aromatic heterocycles. The first kappa shape index (κ1) is 25.9. The quantitative estimate of drug-likeness (QED) is 0.627. The Labute approximate surface area is 191 Å². The number of ether oxygens (including phenoxy) is 2. The summed E-state index contributed by atoms with van der Waals surface area (Å²) in [6.07, 6.45) is 0.764. The van der Waals surface area contributed by atoms with Crippen molar-refractivity contribution in [2.24, 2.45) is 0 Å². The third kappa shape index (κ3) is 7.91. The summed E-state index contributed by atoms with van der Waals surface area (Å²) >= 11 is 0. The van der Waals surface area contributed by atoms with Gasteiger partial charge < -0.3 is 14.4 Å². The van der Waals surface area contributed by atoms with Gasteiger partial charge in [-0.25, -0.2) is 13.2 Å². The third-order valence-corrected chi connectivity index (χ3v) is 6.39. The molecule has 176 valence electrons. The predicted octanol–water partition coefficient (Wildman–Crippen LogP) is 2.19. The number of amides is 1. The van der Waals surface area contributed by atoms with E-state index >= 15 is 0 Å². The van der Waals surface area contributed by atoms with Gasteiger partial charge in [-0.2, -0.15) is 4.31 Å². The van der Waals surface area contributed by atoms with E-state index in [1.165, 1.54) is 10.6 Å². The first-order valence-electron chi connectivity index (χ1n) is 10.3. The van der Waals surface area contributed by atoms with Crippen LogP contribution in [-0.4, -0.2) is 91.9 Å². The fourth-order valence-corrected chi connectivity index (χ4v) is 4.63. The summed E-state index contributed by atoms with van der Waals surface area (Å²) in [6, 6.07) is 9.61. The highest BCUT2D eigenvalue weighted by molar-refractivity contribution is 7.88. The Kier molecular flexibility index (Phi) is 8.75. The molecule has 2 bridgehead atoms. The van der Waals surface area contributed by atoms with Crippen LogP contribution in [0.4, 0.5) is 4.79 Å². The zero-order valence-electron chi connectivity index (χ0n) is 18.7. The van der Waals surface area contributed by atoms with Crippen LogP contribution >= 0.6 is 12.4 Å². The number of rotatable bonds is 6. The number of benzene rings is 1. The highest BCUT2D eigenvalue weighted by Gasteiger charge is 2.38. The van der Waals surface area contributed by atoms with E-state index in [4.69, 9.17) is 9.47 Å². The highest BCUT2D eigenvalue weighted by Crippen LogP contribution is 2.21. The van der Waals surface area contributed by atoms with Crippen LogP contribution in [0, 0.1) is 0 Å². The molecule has 31 heavy (non-hydrogen) atoms. The second-order valence-corrected chi connectivity index (χ2v) is 11.1. The average molecular weight is 476 g/mol. The topological polar surface area (TPSA) is 79.4 Å². The lowest BCUT2D eigenvalue weighted by molar-refractivity contribution is -0.136. The van der Waals surface area contributed by atoms with Crippen molar-refractivity contribution in [3.05, 3.63) is 35.9 Å². The Hall–Kier alpha value is -1.39. The van der Waals surface area contributed by atoms with Crippen molar-refractivity contribution in [3.8, 4) is 0 Å². The van der Waals surface area contributed by atoms with E-state index in [2.05, 4.69) is 4.90 Å². The number of hydrogen-bond donors (Lipinski definition) is 0. The number of carbonyl (C=O) groups excluding carboxylic acids is 1. The van der Waals surface area contributed by atoms with Crippen LogP contribution < -0.4 is 0 Å². The summed E-state index contributed by atoms with van der Waals surface area (Å²) in [5, 5.41) is 0. The van der Waals surface area contributed by atoms with Crippen LogP contribution in [0.2, 0.25) is 0 Å². The van der Waals surface area contributed by atoms with E-state index in [1.807, 2.05) is 51.1 Å². The van der Waals surface area contributed by atoms with Gasteiger partial charge >= 0.3 is 6.09 Å². The van der Waals surface area contributed by atoms with E-state index < -0.39 is 15.6 Å². The zero-order valence-corrected chi connectivity index (χ0v) is 20.3. The lowest BCUT2D eigenvalue weighted by atomic mass is 10.1. The van der Waals surface area contributed by atoms with Crippen LogP contribution in [-0.2, 0) is 26.0 Å². The molecule has 2 aliphatic heterocycles. The van der Waals surface area contributed by atoms with Crippen LogP contribution in [0.1, 0.15) is 26.3 Å². The maximum absolute atomic E-state index is 12.4. The molecule has 2 atom stereocenters. The molecular formula is C21H34ClN3O5S. The molecule has 0 spiro atoms. The molecule has 1 aromatic carbocycles. The van der Waals surface area contributed by atoms with Crippen LogP contribution in [0.3, 0.4) is 0 Å². The summed E-state index contributed by atoms with van der Waals surface area (Å²) < 4.78 is 37.5. The average Bonchev–Trinajstić information content (AvgIpc) is 2.63. The Bertz CT molecular complexity index is 817. The predicted molar refractivity (Wildman–Crippen MR) is 122 cm³/mol. The molecule has 0 saturated carbocycles. The molecule has 2 heterocycles. The molecule has 0 radical (unpaired) electrons. The number of fused-ring (bicyclic) bond motifs is 2. The van der Waals surface area contributed by atoms with Gasteiger partial charge in [0.2, 0.25) is 10.0 Å². The lowest BCUT2D eigenvalue weighted by Gasteiger charge is -2.46. The second kappa shape index (κ2) is 10.5. The van der Waals surface area contributed by atoms with E-state index in [1.54, 1.807) is 4.90 Å². The highest BCUT2D eigenvalue weighted by atomic mass is 35.5. The molecule has 1 amide bonds. The van der Waals surface area contributed by atoms with Crippen LogP contribution in [0.5, 0.6) is 0 Å². The standard InChI is InChI=1S/C21H33N3O5S.ClH/c1-21(2,3)29-20(25)23-15-18-13-22(14-19(16-23)28-18)10-11-24(30(4,26)27)12-17-8-6-5-7-9-17;/h5-9,18-19H,10-16H2,1-4H3;1H. The smallest absolute Gasteiger partial charge is 0.410 e.